The van der Waals surface area contributed by atoms with Crippen molar-refractivity contribution in [3.8, 4) is 0 Å². The molecule has 88 valence electrons. The molecule has 1 N–H and O–H groups in total. The third-order valence-corrected chi connectivity index (χ3v) is 3.18. The van der Waals surface area contributed by atoms with Crippen molar-refractivity contribution in [2.24, 2.45) is 0 Å². The van der Waals surface area contributed by atoms with Crippen LogP contribution < -0.4 is 4.90 Å². The first-order valence-corrected chi connectivity index (χ1v) is 6.09. The largest absolute Gasteiger partial charge is 0.394 e. The summed E-state index contributed by atoms with van der Waals surface area (Å²) in [7, 11) is 0. The van der Waals surface area contributed by atoms with Crippen molar-refractivity contribution in [3.63, 3.8) is 0 Å². The van der Waals surface area contributed by atoms with Crippen LogP contribution in [-0.4, -0.2) is 42.5 Å². The first-order chi connectivity index (χ1) is 7.70. The van der Waals surface area contributed by atoms with Gasteiger partial charge in [-0.3, -0.25) is 0 Å². The Morgan fingerprint density at radius 2 is 2.50 bits per heavy atom. The molecule has 0 spiro atoms. The monoisotopic (exact) mass is 286 g/mol. The number of hydrogen-bond acceptors (Lipinski definition) is 4. The van der Waals surface area contributed by atoms with E-state index in [1.165, 1.54) is 0 Å². The summed E-state index contributed by atoms with van der Waals surface area (Å²) in [4.78, 5) is 6.54. The van der Waals surface area contributed by atoms with E-state index in [0.29, 0.717) is 13.2 Å². The van der Waals surface area contributed by atoms with Crippen molar-refractivity contribution in [2.75, 3.05) is 31.2 Å². The van der Waals surface area contributed by atoms with Crippen LogP contribution in [0.3, 0.4) is 0 Å². The number of rotatable bonds is 2. The Morgan fingerprint density at radius 3 is 3.19 bits per heavy atom. The zero-order valence-corrected chi connectivity index (χ0v) is 10.8. The summed E-state index contributed by atoms with van der Waals surface area (Å²) in [6.07, 6.45) is 1.74. The number of nitrogens with zero attached hydrogens (tertiary/aromatic N) is 2. The summed E-state index contributed by atoms with van der Waals surface area (Å²) >= 11 is 3.52. The SMILES string of the molecule is Cc1cnc(N2CCOC(CO)C2)c(Br)c1. The highest BCUT2D eigenvalue weighted by Gasteiger charge is 2.22. The van der Waals surface area contributed by atoms with E-state index in [4.69, 9.17) is 9.84 Å². The topological polar surface area (TPSA) is 45.6 Å². The van der Waals surface area contributed by atoms with Gasteiger partial charge >= 0.3 is 0 Å². The van der Waals surface area contributed by atoms with Gasteiger partial charge in [-0.25, -0.2) is 4.98 Å². The van der Waals surface area contributed by atoms with E-state index in [9.17, 15) is 0 Å². The third-order valence-electron chi connectivity index (χ3n) is 2.60. The van der Waals surface area contributed by atoms with Crippen molar-refractivity contribution in [3.05, 3.63) is 22.3 Å². The van der Waals surface area contributed by atoms with E-state index < -0.39 is 0 Å². The predicted octanol–water partition coefficient (Wildman–Crippen LogP) is 1.35. The number of ether oxygens (including phenoxy) is 1. The maximum absolute atomic E-state index is 9.09. The summed E-state index contributed by atoms with van der Waals surface area (Å²) < 4.78 is 6.40. The summed E-state index contributed by atoms with van der Waals surface area (Å²) in [5, 5.41) is 9.09. The van der Waals surface area contributed by atoms with Crippen molar-refractivity contribution >= 4 is 21.7 Å². The van der Waals surface area contributed by atoms with Crippen molar-refractivity contribution in [2.45, 2.75) is 13.0 Å². The van der Waals surface area contributed by atoms with Gasteiger partial charge in [-0.05, 0) is 34.5 Å². The molecule has 5 heteroatoms. The molecule has 2 rings (SSSR count). The van der Waals surface area contributed by atoms with Crippen LogP contribution in [0, 0.1) is 6.92 Å². The fourth-order valence-corrected chi connectivity index (χ4v) is 2.50. The van der Waals surface area contributed by atoms with Gasteiger partial charge in [0.05, 0.1) is 23.8 Å². The number of pyridine rings is 1. The fourth-order valence-electron chi connectivity index (χ4n) is 1.78. The molecule has 0 radical (unpaired) electrons. The number of aromatic nitrogens is 1. The molecule has 2 heterocycles. The smallest absolute Gasteiger partial charge is 0.143 e. The predicted molar refractivity (Wildman–Crippen MR) is 65.7 cm³/mol. The van der Waals surface area contributed by atoms with Gasteiger partial charge < -0.3 is 14.7 Å². The third kappa shape index (κ3) is 2.53. The van der Waals surface area contributed by atoms with Crippen LogP contribution in [0.2, 0.25) is 0 Å². The lowest BCUT2D eigenvalue weighted by Gasteiger charge is -2.33. The molecular weight excluding hydrogens is 272 g/mol. The lowest BCUT2D eigenvalue weighted by molar-refractivity contribution is 0.00332. The lowest BCUT2D eigenvalue weighted by atomic mass is 10.2. The van der Waals surface area contributed by atoms with Crippen molar-refractivity contribution < 1.29 is 9.84 Å². The van der Waals surface area contributed by atoms with Gasteiger partial charge in [0, 0.05) is 19.3 Å². The van der Waals surface area contributed by atoms with Gasteiger partial charge in [-0.15, -0.1) is 0 Å². The standard InChI is InChI=1S/C11H15BrN2O2/c1-8-4-10(12)11(13-5-8)14-2-3-16-9(6-14)7-15/h4-5,9,15H,2-3,6-7H2,1H3. The van der Waals surface area contributed by atoms with Gasteiger partial charge in [-0.1, -0.05) is 0 Å². The number of aryl methyl sites for hydroxylation is 1. The van der Waals surface area contributed by atoms with Gasteiger partial charge in [0.15, 0.2) is 0 Å². The Bertz CT molecular complexity index is 373. The Labute approximate surface area is 103 Å². The number of aliphatic hydroxyl groups is 1. The highest BCUT2D eigenvalue weighted by molar-refractivity contribution is 9.10. The average molecular weight is 287 g/mol. The summed E-state index contributed by atoms with van der Waals surface area (Å²) in [5.74, 6) is 0.923. The number of halogens is 1. The molecule has 1 aromatic heterocycles. The number of anilines is 1. The summed E-state index contributed by atoms with van der Waals surface area (Å²) in [6.45, 7) is 4.20. The molecule has 1 atom stereocenters. The van der Waals surface area contributed by atoms with E-state index in [0.717, 1.165) is 22.4 Å². The molecule has 1 saturated heterocycles. The average Bonchev–Trinajstić information content (AvgIpc) is 2.29. The van der Waals surface area contributed by atoms with E-state index in [1.54, 1.807) is 0 Å². The molecular formula is C11H15BrN2O2. The van der Waals surface area contributed by atoms with E-state index in [2.05, 4.69) is 25.8 Å². The van der Waals surface area contributed by atoms with Crippen molar-refractivity contribution in [1.82, 2.24) is 4.98 Å². The highest BCUT2D eigenvalue weighted by atomic mass is 79.9. The summed E-state index contributed by atoms with van der Waals surface area (Å²) in [5.41, 5.74) is 1.13. The molecule has 0 saturated carbocycles. The molecule has 1 unspecified atom stereocenters. The molecule has 0 aromatic carbocycles. The van der Waals surface area contributed by atoms with Crippen LogP contribution in [0.15, 0.2) is 16.7 Å². The fraction of sp³-hybridized carbons (Fsp3) is 0.545. The maximum atomic E-state index is 9.09. The second-order valence-corrected chi connectivity index (χ2v) is 4.79. The van der Waals surface area contributed by atoms with Crippen molar-refractivity contribution in [1.29, 1.82) is 0 Å². The maximum Gasteiger partial charge on any atom is 0.143 e. The van der Waals surface area contributed by atoms with Crippen LogP contribution in [-0.2, 0) is 4.74 Å². The number of aliphatic hydroxyl groups excluding tert-OH is 1. The van der Waals surface area contributed by atoms with Crippen LogP contribution >= 0.6 is 15.9 Å². The Balaban J connectivity index is 2.16. The van der Waals surface area contributed by atoms with Gasteiger partial charge in [0.2, 0.25) is 0 Å². The van der Waals surface area contributed by atoms with E-state index in [1.807, 2.05) is 19.2 Å². The minimum Gasteiger partial charge on any atom is -0.394 e. The van der Waals surface area contributed by atoms with Gasteiger partial charge in [-0.2, -0.15) is 0 Å². The molecule has 4 nitrogen and oxygen atoms in total. The zero-order valence-electron chi connectivity index (χ0n) is 9.19. The molecule has 1 aliphatic rings. The summed E-state index contributed by atoms with van der Waals surface area (Å²) in [6, 6.07) is 2.05. The van der Waals surface area contributed by atoms with Crippen LogP contribution in [0.5, 0.6) is 0 Å². The Morgan fingerprint density at radius 1 is 1.69 bits per heavy atom. The lowest BCUT2D eigenvalue weighted by Crippen LogP contribution is -2.44. The Kier molecular flexibility index (Phi) is 3.78. The highest BCUT2D eigenvalue weighted by Crippen LogP contribution is 2.25. The number of morpholine rings is 1. The first-order valence-electron chi connectivity index (χ1n) is 5.30. The van der Waals surface area contributed by atoms with Gasteiger partial charge in [0.1, 0.15) is 5.82 Å². The second-order valence-electron chi connectivity index (χ2n) is 3.94. The van der Waals surface area contributed by atoms with Gasteiger partial charge in [0.25, 0.3) is 0 Å². The molecule has 16 heavy (non-hydrogen) atoms. The zero-order chi connectivity index (χ0) is 11.5. The Hall–Kier alpha value is -0.650. The molecule has 1 fully saturated rings. The van der Waals surface area contributed by atoms with Crippen LogP contribution in [0.4, 0.5) is 5.82 Å². The quantitative estimate of drug-likeness (QED) is 0.892. The minimum atomic E-state index is -0.108. The molecule has 0 bridgehead atoms. The second kappa shape index (κ2) is 5.12. The normalized spacial score (nSPS) is 21.2. The first kappa shape index (κ1) is 11.8. The minimum absolute atomic E-state index is 0.0555. The molecule has 0 aliphatic carbocycles. The molecule has 0 amide bonds. The molecule has 1 aromatic rings. The van der Waals surface area contributed by atoms with Crippen LogP contribution in [0.25, 0.3) is 0 Å². The van der Waals surface area contributed by atoms with E-state index >= 15 is 0 Å². The molecule has 1 aliphatic heterocycles. The number of hydrogen-bond donors (Lipinski definition) is 1. The van der Waals surface area contributed by atoms with E-state index in [-0.39, 0.29) is 12.7 Å². The van der Waals surface area contributed by atoms with Crippen LogP contribution in [0.1, 0.15) is 5.56 Å².